The van der Waals surface area contributed by atoms with Crippen LogP contribution in [0.15, 0.2) is 0 Å². The van der Waals surface area contributed by atoms with Crippen LogP contribution in [0.25, 0.3) is 0 Å². The summed E-state index contributed by atoms with van der Waals surface area (Å²) in [5.41, 5.74) is 10.7. The lowest BCUT2D eigenvalue weighted by molar-refractivity contribution is 0.0691. The van der Waals surface area contributed by atoms with Crippen LogP contribution in [-0.2, 0) is 4.74 Å². The summed E-state index contributed by atoms with van der Waals surface area (Å²) in [7, 11) is 0. The van der Waals surface area contributed by atoms with Gasteiger partial charge in [-0.2, -0.15) is 0 Å². The largest absolute Gasteiger partial charge is 0.446 e. The van der Waals surface area contributed by atoms with Crippen molar-refractivity contribution < 1.29 is 9.53 Å². The highest BCUT2D eigenvalue weighted by Gasteiger charge is 2.23. The third kappa shape index (κ3) is 3.96. The standard InChI is InChI=1S/C10H20N2O2/c1-7(11)6-8-2-4-9(5-3-8)14-10(12)13/h7-9H,2-6,11H2,1H3,(H2,12,13). The summed E-state index contributed by atoms with van der Waals surface area (Å²) in [6.07, 6.45) is 4.51. The molecular formula is C10H20N2O2. The Labute approximate surface area is 85.0 Å². The predicted molar refractivity (Wildman–Crippen MR) is 54.7 cm³/mol. The van der Waals surface area contributed by atoms with Crippen molar-refractivity contribution in [2.24, 2.45) is 17.4 Å². The normalized spacial score (nSPS) is 29.6. The molecule has 1 fully saturated rings. The minimum Gasteiger partial charge on any atom is -0.446 e. The highest BCUT2D eigenvalue weighted by molar-refractivity contribution is 5.64. The summed E-state index contributed by atoms with van der Waals surface area (Å²) in [4.78, 5) is 10.5. The average Bonchev–Trinajstić information content (AvgIpc) is 2.06. The predicted octanol–water partition coefficient (Wildman–Crippen LogP) is 1.38. The molecule has 1 saturated carbocycles. The van der Waals surface area contributed by atoms with Crippen molar-refractivity contribution in [3.8, 4) is 0 Å². The van der Waals surface area contributed by atoms with Crippen molar-refractivity contribution in [1.82, 2.24) is 0 Å². The molecule has 0 aromatic heterocycles. The second kappa shape index (κ2) is 5.20. The molecule has 0 aromatic carbocycles. The van der Waals surface area contributed by atoms with E-state index in [9.17, 15) is 4.79 Å². The molecule has 4 heteroatoms. The maximum Gasteiger partial charge on any atom is 0.404 e. The molecule has 0 heterocycles. The van der Waals surface area contributed by atoms with E-state index in [0.717, 1.165) is 32.1 Å². The van der Waals surface area contributed by atoms with Gasteiger partial charge in [-0.15, -0.1) is 0 Å². The molecule has 0 aromatic rings. The summed E-state index contributed by atoms with van der Waals surface area (Å²) in [5, 5.41) is 0. The molecule has 1 unspecified atom stereocenters. The molecule has 0 spiro atoms. The molecule has 1 atom stereocenters. The lowest BCUT2D eigenvalue weighted by atomic mass is 9.84. The van der Waals surface area contributed by atoms with Crippen LogP contribution in [0.3, 0.4) is 0 Å². The molecule has 1 aliphatic rings. The Balaban J connectivity index is 2.21. The quantitative estimate of drug-likeness (QED) is 0.722. The fourth-order valence-corrected chi connectivity index (χ4v) is 2.18. The SMILES string of the molecule is CC(N)CC1CCC(OC(N)=O)CC1. The molecule has 82 valence electrons. The van der Waals surface area contributed by atoms with Crippen LogP contribution in [0.2, 0.25) is 0 Å². The van der Waals surface area contributed by atoms with Crippen molar-refractivity contribution in [3.63, 3.8) is 0 Å². The van der Waals surface area contributed by atoms with Gasteiger partial charge in [0.1, 0.15) is 6.10 Å². The van der Waals surface area contributed by atoms with Crippen molar-refractivity contribution in [2.75, 3.05) is 0 Å². The molecule has 0 radical (unpaired) electrons. The number of ether oxygens (including phenoxy) is 1. The number of hydrogen-bond acceptors (Lipinski definition) is 3. The minimum atomic E-state index is -0.652. The van der Waals surface area contributed by atoms with Gasteiger partial charge in [0, 0.05) is 6.04 Å². The number of primary amides is 1. The van der Waals surface area contributed by atoms with Crippen molar-refractivity contribution in [3.05, 3.63) is 0 Å². The van der Waals surface area contributed by atoms with E-state index < -0.39 is 6.09 Å². The highest BCUT2D eigenvalue weighted by Crippen LogP contribution is 2.28. The highest BCUT2D eigenvalue weighted by atomic mass is 16.6. The fourth-order valence-electron chi connectivity index (χ4n) is 2.18. The molecule has 4 nitrogen and oxygen atoms in total. The second-order valence-corrected chi connectivity index (χ2v) is 4.29. The molecular weight excluding hydrogens is 180 g/mol. The maximum absolute atomic E-state index is 10.5. The van der Waals surface area contributed by atoms with E-state index in [2.05, 4.69) is 0 Å². The van der Waals surface area contributed by atoms with Gasteiger partial charge < -0.3 is 16.2 Å². The van der Waals surface area contributed by atoms with Gasteiger partial charge in [0.25, 0.3) is 0 Å². The monoisotopic (exact) mass is 200 g/mol. The molecule has 0 saturated heterocycles. The second-order valence-electron chi connectivity index (χ2n) is 4.29. The van der Waals surface area contributed by atoms with Crippen LogP contribution < -0.4 is 11.5 Å². The van der Waals surface area contributed by atoms with Gasteiger partial charge in [-0.05, 0) is 44.9 Å². The Morgan fingerprint density at radius 3 is 2.43 bits per heavy atom. The number of amides is 1. The van der Waals surface area contributed by atoms with Gasteiger partial charge in [0.2, 0.25) is 0 Å². The summed E-state index contributed by atoms with van der Waals surface area (Å²) in [6.45, 7) is 2.03. The Hall–Kier alpha value is -0.770. The van der Waals surface area contributed by atoms with E-state index >= 15 is 0 Å². The van der Waals surface area contributed by atoms with Gasteiger partial charge in [-0.25, -0.2) is 4.79 Å². The molecule has 14 heavy (non-hydrogen) atoms. The summed E-state index contributed by atoms with van der Waals surface area (Å²) in [6, 6.07) is 0.272. The van der Waals surface area contributed by atoms with Crippen LogP contribution >= 0.6 is 0 Å². The van der Waals surface area contributed by atoms with Gasteiger partial charge in [-0.3, -0.25) is 0 Å². The van der Waals surface area contributed by atoms with Crippen LogP contribution in [0, 0.1) is 5.92 Å². The van der Waals surface area contributed by atoms with Crippen LogP contribution in [0.4, 0.5) is 4.79 Å². The Morgan fingerprint density at radius 1 is 1.43 bits per heavy atom. The first-order chi connectivity index (χ1) is 6.58. The third-order valence-electron chi connectivity index (χ3n) is 2.78. The van der Waals surface area contributed by atoms with E-state index in [1.807, 2.05) is 6.92 Å². The zero-order valence-corrected chi connectivity index (χ0v) is 8.74. The Bertz CT molecular complexity index is 187. The molecule has 1 rings (SSSR count). The smallest absolute Gasteiger partial charge is 0.404 e. The topological polar surface area (TPSA) is 78.3 Å². The Morgan fingerprint density at radius 2 is 2.00 bits per heavy atom. The zero-order chi connectivity index (χ0) is 10.6. The van der Waals surface area contributed by atoms with Crippen molar-refractivity contribution in [2.45, 2.75) is 51.2 Å². The molecule has 4 N–H and O–H groups in total. The van der Waals surface area contributed by atoms with Crippen molar-refractivity contribution >= 4 is 6.09 Å². The first-order valence-electron chi connectivity index (χ1n) is 5.29. The molecule has 1 aliphatic carbocycles. The van der Waals surface area contributed by atoms with Crippen LogP contribution in [0.1, 0.15) is 39.0 Å². The van der Waals surface area contributed by atoms with Gasteiger partial charge in [0.05, 0.1) is 0 Å². The number of carbonyl (C=O) groups is 1. The number of nitrogens with two attached hydrogens (primary N) is 2. The van der Waals surface area contributed by atoms with E-state index in [1.165, 1.54) is 0 Å². The third-order valence-corrected chi connectivity index (χ3v) is 2.78. The first kappa shape index (κ1) is 11.3. The summed E-state index contributed by atoms with van der Waals surface area (Å²) >= 11 is 0. The molecule has 0 aliphatic heterocycles. The number of hydrogen-bond donors (Lipinski definition) is 2. The molecule has 1 amide bonds. The lowest BCUT2D eigenvalue weighted by Gasteiger charge is -2.28. The number of carbonyl (C=O) groups excluding carboxylic acids is 1. The van der Waals surface area contributed by atoms with E-state index in [0.29, 0.717) is 5.92 Å². The lowest BCUT2D eigenvalue weighted by Crippen LogP contribution is -2.29. The Kier molecular flexibility index (Phi) is 4.20. The first-order valence-corrected chi connectivity index (χ1v) is 5.29. The maximum atomic E-state index is 10.5. The minimum absolute atomic E-state index is 0.0387. The van der Waals surface area contributed by atoms with Gasteiger partial charge >= 0.3 is 6.09 Å². The number of rotatable bonds is 3. The summed E-state index contributed by atoms with van der Waals surface area (Å²) in [5.74, 6) is 0.697. The van der Waals surface area contributed by atoms with E-state index in [1.54, 1.807) is 0 Å². The van der Waals surface area contributed by atoms with Gasteiger partial charge in [-0.1, -0.05) is 0 Å². The summed E-state index contributed by atoms with van der Waals surface area (Å²) < 4.78 is 4.95. The molecule has 0 bridgehead atoms. The van der Waals surface area contributed by atoms with Crippen molar-refractivity contribution in [1.29, 1.82) is 0 Å². The fraction of sp³-hybridized carbons (Fsp3) is 0.900. The van der Waals surface area contributed by atoms with E-state index in [4.69, 9.17) is 16.2 Å². The van der Waals surface area contributed by atoms with Gasteiger partial charge in [0.15, 0.2) is 0 Å². The van der Waals surface area contributed by atoms with Crippen LogP contribution in [-0.4, -0.2) is 18.2 Å². The van der Waals surface area contributed by atoms with E-state index in [-0.39, 0.29) is 12.1 Å². The van der Waals surface area contributed by atoms with Crippen LogP contribution in [0.5, 0.6) is 0 Å². The average molecular weight is 200 g/mol. The zero-order valence-electron chi connectivity index (χ0n) is 8.74.